The fourth-order valence-electron chi connectivity index (χ4n) is 2.35. The first-order valence-electron chi connectivity index (χ1n) is 6.77. The predicted octanol–water partition coefficient (Wildman–Crippen LogP) is 3.77. The van der Waals surface area contributed by atoms with Crippen molar-refractivity contribution in [3.05, 3.63) is 65.5 Å². The summed E-state index contributed by atoms with van der Waals surface area (Å²) < 4.78 is 37.9. The molecule has 0 amide bonds. The van der Waals surface area contributed by atoms with Crippen LogP contribution in [0, 0.1) is 6.92 Å². The maximum Gasteiger partial charge on any atom is 0.416 e. The minimum Gasteiger partial charge on any atom is -0.372 e. The van der Waals surface area contributed by atoms with E-state index in [1.165, 1.54) is 12.1 Å². The van der Waals surface area contributed by atoms with Gasteiger partial charge in [-0.2, -0.15) is 13.2 Å². The lowest BCUT2D eigenvalue weighted by atomic mass is 10.1. The Bertz CT molecular complexity index is 705. The van der Waals surface area contributed by atoms with Gasteiger partial charge >= 0.3 is 6.18 Å². The van der Waals surface area contributed by atoms with Gasteiger partial charge in [0.1, 0.15) is 5.82 Å². The molecule has 2 heterocycles. The molecule has 3 nitrogen and oxygen atoms in total. The molecule has 114 valence electrons. The molecule has 3 rings (SSSR count). The lowest BCUT2D eigenvalue weighted by Crippen LogP contribution is -2.23. The Morgan fingerprint density at radius 2 is 1.82 bits per heavy atom. The fraction of sp³-hybridized carbons (Fsp3) is 0.188. The van der Waals surface area contributed by atoms with E-state index in [4.69, 9.17) is 0 Å². The van der Waals surface area contributed by atoms with Crippen molar-refractivity contribution < 1.29 is 13.2 Å². The molecular formula is C16H14F3N3. The van der Waals surface area contributed by atoms with Crippen LogP contribution in [0.4, 0.5) is 19.0 Å². The van der Waals surface area contributed by atoms with Gasteiger partial charge in [-0.25, -0.2) is 4.98 Å². The van der Waals surface area contributed by atoms with Gasteiger partial charge in [0.2, 0.25) is 0 Å². The molecule has 6 heteroatoms. The van der Waals surface area contributed by atoms with E-state index in [-0.39, 0.29) is 0 Å². The number of aryl methyl sites for hydroxylation is 1. The third-order valence-corrected chi connectivity index (χ3v) is 3.44. The lowest BCUT2D eigenvalue weighted by Gasteiger charge is -2.21. The zero-order valence-electron chi connectivity index (χ0n) is 11.9. The third kappa shape index (κ3) is 2.77. The first-order chi connectivity index (χ1) is 10.4. The van der Waals surface area contributed by atoms with E-state index in [1.54, 1.807) is 6.20 Å². The number of aromatic nitrogens is 1. The molecular weight excluding hydrogens is 291 g/mol. The second-order valence-corrected chi connectivity index (χ2v) is 5.03. The minimum atomic E-state index is -4.32. The highest BCUT2D eigenvalue weighted by atomic mass is 19.4. The van der Waals surface area contributed by atoms with Crippen molar-refractivity contribution in [2.75, 3.05) is 11.6 Å². The first kappa shape index (κ1) is 14.4. The number of nitrogens with zero attached hydrogens (tertiary/aromatic N) is 2. The van der Waals surface area contributed by atoms with Crippen LogP contribution >= 0.6 is 0 Å². The molecule has 1 N–H and O–H groups in total. The van der Waals surface area contributed by atoms with Crippen molar-refractivity contribution >= 4 is 11.5 Å². The molecule has 0 atom stereocenters. The van der Waals surface area contributed by atoms with Crippen LogP contribution in [-0.2, 0) is 6.18 Å². The van der Waals surface area contributed by atoms with Crippen LogP contribution in [0.1, 0.15) is 16.8 Å². The fourth-order valence-corrected chi connectivity index (χ4v) is 2.35. The number of hydrogen-bond acceptors (Lipinski definition) is 3. The molecule has 1 aliphatic heterocycles. The van der Waals surface area contributed by atoms with Gasteiger partial charge in [0, 0.05) is 11.9 Å². The Kier molecular flexibility index (Phi) is 3.52. The van der Waals surface area contributed by atoms with E-state index in [9.17, 15) is 13.2 Å². The average Bonchev–Trinajstić information content (AvgIpc) is 2.96. The first-order valence-corrected chi connectivity index (χ1v) is 6.77. The Labute approximate surface area is 126 Å². The zero-order valence-corrected chi connectivity index (χ0v) is 11.9. The number of alkyl halides is 3. The van der Waals surface area contributed by atoms with Gasteiger partial charge in [0.15, 0.2) is 0 Å². The van der Waals surface area contributed by atoms with Gasteiger partial charge in [-0.15, -0.1) is 0 Å². The third-order valence-electron chi connectivity index (χ3n) is 3.44. The summed E-state index contributed by atoms with van der Waals surface area (Å²) in [6, 6.07) is 10.8. The van der Waals surface area contributed by atoms with Gasteiger partial charge in [-0.3, -0.25) is 0 Å². The van der Waals surface area contributed by atoms with Gasteiger partial charge < -0.3 is 10.2 Å². The van der Waals surface area contributed by atoms with E-state index in [1.807, 2.05) is 30.0 Å². The molecule has 0 saturated heterocycles. The molecule has 0 bridgehead atoms. The number of rotatable bonds is 2. The van der Waals surface area contributed by atoms with Gasteiger partial charge in [0.25, 0.3) is 0 Å². The standard InChI is InChI=1S/C16H14F3N3/c1-11-3-2-4-15(21-11)22-10-20-9-14(22)12-5-7-13(8-6-12)16(17,18)19/h2-9,20H,10H2,1H3. The van der Waals surface area contributed by atoms with Gasteiger partial charge in [-0.1, -0.05) is 18.2 Å². The van der Waals surface area contributed by atoms with Crippen molar-refractivity contribution in [2.24, 2.45) is 0 Å². The topological polar surface area (TPSA) is 28.2 Å². The van der Waals surface area contributed by atoms with Crippen molar-refractivity contribution in [3.63, 3.8) is 0 Å². The van der Waals surface area contributed by atoms with Crippen molar-refractivity contribution in [3.8, 4) is 0 Å². The van der Waals surface area contributed by atoms with Crippen LogP contribution in [0.25, 0.3) is 5.70 Å². The maximum atomic E-state index is 12.6. The van der Waals surface area contributed by atoms with Crippen LogP contribution in [0.15, 0.2) is 48.7 Å². The number of nitrogens with one attached hydrogen (secondary N) is 1. The van der Waals surface area contributed by atoms with E-state index in [0.29, 0.717) is 12.2 Å². The number of benzene rings is 1. The molecule has 1 aromatic heterocycles. The normalized spacial score (nSPS) is 14.7. The number of halogens is 3. The monoisotopic (exact) mass is 305 g/mol. The Hall–Kier alpha value is -2.50. The highest BCUT2D eigenvalue weighted by molar-refractivity contribution is 5.79. The summed E-state index contributed by atoms with van der Waals surface area (Å²) in [7, 11) is 0. The van der Waals surface area contributed by atoms with Crippen LogP contribution in [-0.4, -0.2) is 11.7 Å². The van der Waals surface area contributed by atoms with E-state index < -0.39 is 11.7 Å². The van der Waals surface area contributed by atoms with E-state index in [2.05, 4.69) is 10.3 Å². The smallest absolute Gasteiger partial charge is 0.372 e. The molecule has 1 aromatic carbocycles. The molecule has 0 aliphatic carbocycles. The summed E-state index contributed by atoms with van der Waals surface area (Å²) in [5.74, 6) is 0.760. The van der Waals surface area contributed by atoms with Crippen molar-refractivity contribution in [1.82, 2.24) is 10.3 Å². The van der Waals surface area contributed by atoms with Crippen LogP contribution in [0.2, 0.25) is 0 Å². The quantitative estimate of drug-likeness (QED) is 0.915. The van der Waals surface area contributed by atoms with E-state index in [0.717, 1.165) is 29.3 Å². The largest absolute Gasteiger partial charge is 0.416 e. The zero-order chi connectivity index (χ0) is 15.7. The molecule has 0 saturated carbocycles. The van der Waals surface area contributed by atoms with Gasteiger partial charge in [0.05, 0.1) is 17.9 Å². The molecule has 1 aliphatic rings. The summed E-state index contributed by atoms with van der Waals surface area (Å²) in [6.07, 6.45) is -2.54. The molecule has 0 spiro atoms. The summed E-state index contributed by atoms with van der Waals surface area (Å²) in [4.78, 5) is 6.38. The molecule has 0 fully saturated rings. The highest BCUT2D eigenvalue weighted by Crippen LogP contribution is 2.32. The number of pyridine rings is 1. The summed E-state index contributed by atoms with van der Waals surface area (Å²) in [5, 5.41) is 3.09. The Balaban J connectivity index is 1.90. The number of anilines is 1. The van der Waals surface area contributed by atoms with Crippen LogP contribution in [0.5, 0.6) is 0 Å². The van der Waals surface area contributed by atoms with Crippen molar-refractivity contribution in [2.45, 2.75) is 13.1 Å². The SMILES string of the molecule is Cc1cccc(N2CNC=C2c2ccc(C(F)(F)F)cc2)n1. The summed E-state index contributed by atoms with van der Waals surface area (Å²) >= 11 is 0. The van der Waals surface area contributed by atoms with Crippen LogP contribution < -0.4 is 10.2 Å². The second kappa shape index (κ2) is 5.36. The Morgan fingerprint density at radius 3 is 2.45 bits per heavy atom. The minimum absolute atomic E-state index is 0.535. The molecule has 0 unspecified atom stereocenters. The Morgan fingerprint density at radius 1 is 1.09 bits per heavy atom. The van der Waals surface area contributed by atoms with Gasteiger partial charge in [-0.05, 0) is 36.8 Å². The molecule has 2 aromatic rings. The maximum absolute atomic E-state index is 12.6. The highest BCUT2D eigenvalue weighted by Gasteiger charge is 2.30. The predicted molar refractivity (Wildman–Crippen MR) is 78.9 cm³/mol. The second-order valence-electron chi connectivity index (χ2n) is 5.03. The number of hydrogen-bond donors (Lipinski definition) is 1. The van der Waals surface area contributed by atoms with Crippen molar-refractivity contribution in [1.29, 1.82) is 0 Å². The lowest BCUT2D eigenvalue weighted by molar-refractivity contribution is -0.137. The molecule has 0 radical (unpaired) electrons. The van der Waals surface area contributed by atoms with Crippen LogP contribution in [0.3, 0.4) is 0 Å². The summed E-state index contributed by atoms with van der Waals surface area (Å²) in [6.45, 7) is 2.43. The molecule has 22 heavy (non-hydrogen) atoms. The summed E-state index contributed by atoms with van der Waals surface area (Å²) in [5.41, 5.74) is 1.74. The average molecular weight is 305 g/mol. The van der Waals surface area contributed by atoms with E-state index >= 15 is 0 Å².